The van der Waals surface area contributed by atoms with Gasteiger partial charge in [0, 0.05) is 19.5 Å². The number of phenols is 1. The summed E-state index contributed by atoms with van der Waals surface area (Å²) in [6.45, 7) is 0.226. The molecule has 18 heteroatoms. The van der Waals surface area contributed by atoms with E-state index in [9.17, 15) is 34.2 Å². The maximum Gasteiger partial charge on any atom is 0.326 e. The van der Waals surface area contributed by atoms with Gasteiger partial charge in [-0.2, -0.15) is 0 Å². The highest BCUT2D eigenvalue weighted by Crippen LogP contribution is 2.12. The van der Waals surface area contributed by atoms with E-state index >= 15 is 0 Å². The zero-order valence-electron chi connectivity index (χ0n) is 23.4. The summed E-state index contributed by atoms with van der Waals surface area (Å²) >= 11 is 0. The quantitative estimate of drug-likeness (QED) is 0.0411. The normalized spacial score (nSPS) is 13.3. The average molecular weight is 609 g/mol. The van der Waals surface area contributed by atoms with Crippen LogP contribution < -0.4 is 44.6 Å². The van der Waals surface area contributed by atoms with Crippen molar-refractivity contribution in [1.29, 1.82) is 0 Å². The number of guanidine groups is 2. The van der Waals surface area contributed by atoms with Crippen LogP contribution in [0.3, 0.4) is 0 Å². The Morgan fingerprint density at radius 2 is 1.19 bits per heavy atom. The van der Waals surface area contributed by atoms with Gasteiger partial charge in [-0.15, -0.1) is 0 Å². The lowest BCUT2D eigenvalue weighted by atomic mass is 10.0. The highest BCUT2D eigenvalue weighted by Gasteiger charge is 2.30. The second-order valence-electron chi connectivity index (χ2n) is 9.49. The van der Waals surface area contributed by atoms with Crippen LogP contribution in [0.4, 0.5) is 0 Å². The van der Waals surface area contributed by atoms with Crippen LogP contribution in [0, 0.1) is 0 Å². The molecule has 0 saturated carbocycles. The Kier molecular flexibility index (Phi) is 15.3. The number of aliphatic carboxylic acids is 2. The topological polar surface area (TPSA) is 337 Å². The molecule has 0 aliphatic heterocycles. The van der Waals surface area contributed by atoms with Crippen LogP contribution in [0.15, 0.2) is 34.3 Å². The average Bonchev–Trinajstić information content (AvgIpc) is 2.91. The molecule has 0 aliphatic carbocycles. The van der Waals surface area contributed by atoms with Gasteiger partial charge in [0.2, 0.25) is 17.7 Å². The largest absolute Gasteiger partial charge is 0.508 e. The number of carboxylic acid groups (broad SMARTS) is 2. The summed E-state index contributed by atoms with van der Waals surface area (Å²) in [5.74, 6) is -5.65. The maximum atomic E-state index is 13.4. The first-order chi connectivity index (χ1) is 20.2. The fourth-order valence-electron chi connectivity index (χ4n) is 3.71. The lowest BCUT2D eigenvalue weighted by Crippen LogP contribution is -2.57. The van der Waals surface area contributed by atoms with E-state index in [-0.39, 0.29) is 62.9 Å². The van der Waals surface area contributed by atoms with Gasteiger partial charge < -0.3 is 59.9 Å². The number of carbonyl (C=O) groups is 5. The Labute approximate surface area is 247 Å². The number of benzene rings is 1. The van der Waals surface area contributed by atoms with E-state index in [1.165, 1.54) is 24.3 Å². The summed E-state index contributed by atoms with van der Waals surface area (Å²) in [7, 11) is 0. The molecule has 4 atom stereocenters. The zero-order chi connectivity index (χ0) is 32.5. The van der Waals surface area contributed by atoms with Gasteiger partial charge in [0.05, 0.1) is 12.5 Å². The maximum absolute atomic E-state index is 13.4. The number of rotatable bonds is 19. The van der Waals surface area contributed by atoms with Crippen LogP contribution in [-0.4, -0.2) is 94.2 Å². The predicted molar refractivity (Wildman–Crippen MR) is 155 cm³/mol. The van der Waals surface area contributed by atoms with Crippen LogP contribution in [-0.2, 0) is 30.4 Å². The summed E-state index contributed by atoms with van der Waals surface area (Å²) in [6, 6.07) is 0.300. The third-order valence-corrected chi connectivity index (χ3v) is 5.88. The van der Waals surface area contributed by atoms with Crippen molar-refractivity contribution in [2.75, 3.05) is 13.1 Å². The van der Waals surface area contributed by atoms with Crippen LogP contribution >= 0.6 is 0 Å². The molecule has 0 spiro atoms. The fraction of sp³-hybridized carbons (Fsp3) is 0.480. The molecule has 238 valence electrons. The molecule has 1 aromatic rings. The van der Waals surface area contributed by atoms with Crippen molar-refractivity contribution >= 4 is 41.6 Å². The Morgan fingerprint density at radius 1 is 0.721 bits per heavy atom. The Balaban J connectivity index is 3.18. The van der Waals surface area contributed by atoms with E-state index in [1.54, 1.807) is 0 Å². The van der Waals surface area contributed by atoms with Crippen molar-refractivity contribution in [2.45, 2.75) is 62.7 Å². The number of hydrogen-bond acceptors (Lipinski definition) is 9. The third kappa shape index (κ3) is 14.9. The monoisotopic (exact) mass is 608 g/mol. The Bertz CT molecular complexity index is 1170. The molecule has 1 rings (SSSR count). The van der Waals surface area contributed by atoms with Gasteiger partial charge in [-0.05, 0) is 43.4 Å². The number of aromatic hydroxyl groups is 1. The van der Waals surface area contributed by atoms with Crippen molar-refractivity contribution in [2.24, 2.45) is 38.7 Å². The highest BCUT2D eigenvalue weighted by atomic mass is 16.4. The van der Waals surface area contributed by atoms with E-state index in [1.807, 2.05) is 0 Å². The van der Waals surface area contributed by atoms with Gasteiger partial charge >= 0.3 is 11.9 Å². The van der Waals surface area contributed by atoms with Gasteiger partial charge in [-0.25, -0.2) is 4.79 Å². The summed E-state index contributed by atoms with van der Waals surface area (Å²) in [4.78, 5) is 69.6. The smallest absolute Gasteiger partial charge is 0.326 e. The molecule has 0 heterocycles. The molecule has 0 aliphatic rings. The number of carbonyl (C=O) groups excluding carboxylic acids is 3. The van der Waals surface area contributed by atoms with Gasteiger partial charge in [-0.1, -0.05) is 12.1 Å². The highest BCUT2D eigenvalue weighted by molar-refractivity contribution is 5.95. The Hall–Kier alpha value is -5.13. The molecule has 43 heavy (non-hydrogen) atoms. The molecule has 3 amide bonds. The zero-order valence-corrected chi connectivity index (χ0v) is 23.4. The second kappa shape index (κ2) is 18.3. The first kappa shape index (κ1) is 35.9. The van der Waals surface area contributed by atoms with Crippen molar-refractivity contribution < 1.29 is 39.3 Å². The molecule has 0 saturated heterocycles. The number of aliphatic imine (C=N–C) groups is 2. The van der Waals surface area contributed by atoms with Crippen molar-refractivity contribution in [3.05, 3.63) is 29.8 Å². The molecule has 0 bridgehead atoms. The van der Waals surface area contributed by atoms with Gasteiger partial charge in [-0.3, -0.25) is 29.2 Å². The Morgan fingerprint density at radius 3 is 1.67 bits per heavy atom. The molecule has 18 nitrogen and oxygen atoms in total. The van der Waals surface area contributed by atoms with Crippen LogP contribution in [0.1, 0.15) is 37.7 Å². The number of nitrogens with zero attached hydrogens (tertiary/aromatic N) is 2. The minimum absolute atomic E-state index is 0.0203. The molecule has 16 N–H and O–H groups in total. The molecule has 0 aromatic heterocycles. The fourth-order valence-corrected chi connectivity index (χ4v) is 3.71. The lowest BCUT2D eigenvalue weighted by molar-refractivity contribution is -0.142. The SMILES string of the molecule is NC(N)=NCCCC(NC(=O)C(CCCN=C(N)N)NC(=O)C(Cc1ccc(O)cc1)NC(=O)C(N)CC(=O)O)C(=O)O. The summed E-state index contributed by atoms with van der Waals surface area (Å²) in [5, 5.41) is 35.4. The molecule has 0 radical (unpaired) electrons. The third-order valence-electron chi connectivity index (χ3n) is 5.88. The number of nitrogens with one attached hydrogen (secondary N) is 3. The van der Waals surface area contributed by atoms with Gasteiger partial charge in [0.25, 0.3) is 0 Å². The van der Waals surface area contributed by atoms with E-state index in [4.69, 9.17) is 33.8 Å². The van der Waals surface area contributed by atoms with Crippen molar-refractivity contribution in [3.8, 4) is 5.75 Å². The van der Waals surface area contributed by atoms with Crippen LogP contribution in [0.2, 0.25) is 0 Å². The number of phenolic OH excluding ortho intramolecular Hbond substituents is 1. The minimum atomic E-state index is -1.47. The lowest BCUT2D eigenvalue weighted by Gasteiger charge is -2.25. The second-order valence-corrected chi connectivity index (χ2v) is 9.49. The standard InChI is InChI=1S/C25H40N10O8/c26-15(12-19(37)38)20(39)35-18(11-13-5-7-14(36)8-6-13)22(41)33-16(3-1-9-31-24(27)28)21(40)34-17(23(42)43)4-2-10-32-25(29)30/h5-8,15-18,36H,1-4,9-12,26H2,(H,33,41)(H,34,40)(H,35,39)(H,37,38)(H,42,43)(H4,27,28,31)(H4,29,30,32). The van der Waals surface area contributed by atoms with Crippen molar-refractivity contribution in [1.82, 2.24) is 16.0 Å². The van der Waals surface area contributed by atoms with Crippen molar-refractivity contribution in [3.63, 3.8) is 0 Å². The van der Waals surface area contributed by atoms with E-state index < -0.39 is 60.2 Å². The van der Waals surface area contributed by atoms with Gasteiger partial charge in [0.1, 0.15) is 23.9 Å². The molecule has 1 aromatic carbocycles. The number of amides is 3. The summed E-state index contributed by atoms with van der Waals surface area (Å²) in [5.41, 5.74) is 27.4. The molecule has 4 unspecified atom stereocenters. The molecule has 0 fully saturated rings. The number of carboxylic acids is 2. The molecular formula is C25H40N10O8. The number of hydrogen-bond donors (Lipinski definition) is 11. The first-order valence-electron chi connectivity index (χ1n) is 13.2. The van der Waals surface area contributed by atoms with Gasteiger partial charge in [0.15, 0.2) is 11.9 Å². The summed E-state index contributed by atoms with van der Waals surface area (Å²) in [6.07, 6.45) is -0.428. The van der Waals surface area contributed by atoms with Crippen LogP contribution in [0.25, 0.3) is 0 Å². The predicted octanol–water partition coefficient (Wildman–Crippen LogP) is -3.62. The minimum Gasteiger partial charge on any atom is -0.508 e. The molecular weight excluding hydrogens is 568 g/mol. The van der Waals surface area contributed by atoms with E-state index in [0.717, 1.165) is 0 Å². The van der Waals surface area contributed by atoms with Crippen LogP contribution in [0.5, 0.6) is 5.75 Å². The number of nitrogens with two attached hydrogens (primary N) is 5. The van der Waals surface area contributed by atoms with E-state index in [2.05, 4.69) is 25.9 Å². The van der Waals surface area contributed by atoms with E-state index in [0.29, 0.717) is 5.56 Å². The first-order valence-corrected chi connectivity index (χ1v) is 13.2. The summed E-state index contributed by atoms with van der Waals surface area (Å²) < 4.78 is 0.